The molecule has 4 rings (SSSR count). The van der Waals surface area contributed by atoms with E-state index in [2.05, 4.69) is 47.3 Å². The Kier molecular flexibility index (Phi) is 2.56. The molecule has 0 aromatic carbocycles. The minimum atomic E-state index is 0.426. The Labute approximate surface area is 122 Å². The largest absolute Gasteiger partial charge is 0.352 e. The first-order chi connectivity index (χ1) is 9.31. The Bertz CT molecular complexity index is 730. The van der Waals surface area contributed by atoms with E-state index in [9.17, 15) is 0 Å². The Morgan fingerprint density at radius 1 is 1.32 bits per heavy atom. The summed E-state index contributed by atoms with van der Waals surface area (Å²) in [5.41, 5.74) is 0. The van der Waals surface area contributed by atoms with E-state index in [-0.39, 0.29) is 0 Å². The SMILES string of the molecule is Brc1cnn(C2CN(c3ncnc4sccc34)C2)c1. The predicted molar refractivity (Wildman–Crippen MR) is 78.6 cm³/mol. The summed E-state index contributed by atoms with van der Waals surface area (Å²) < 4.78 is 3.03. The molecule has 0 unspecified atom stereocenters. The number of anilines is 1. The molecule has 1 fully saturated rings. The number of hydrogen-bond donors (Lipinski definition) is 0. The maximum absolute atomic E-state index is 4.42. The summed E-state index contributed by atoms with van der Waals surface area (Å²) in [4.78, 5) is 12.0. The molecule has 0 aliphatic carbocycles. The lowest BCUT2D eigenvalue weighted by atomic mass is 10.1. The van der Waals surface area contributed by atoms with E-state index >= 15 is 0 Å². The third kappa shape index (κ3) is 1.84. The maximum Gasteiger partial charge on any atom is 0.140 e. The molecular formula is C12H10BrN5S. The third-order valence-electron chi connectivity index (χ3n) is 3.35. The van der Waals surface area contributed by atoms with Gasteiger partial charge in [0.1, 0.15) is 17.0 Å². The van der Waals surface area contributed by atoms with Gasteiger partial charge in [-0.05, 0) is 27.4 Å². The van der Waals surface area contributed by atoms with Crippen molar-refractivity contribution >= 4 is 43.3 Å². The molecule has 0 radical (unpaired) electrons. The van der Waals surface area contributed by atoms with Crippen molar-refractivity contribution < 1.29 is 0 Å². The zero-order chi connectivity index (χ0) is 12.8. The smallest absolute Gasteiger partial charge is 0.140 e. The second-order valence-corrected chi connectivity index (χ2v) is 6.34. The fraction of sp³-hybridized carbons (Fsp3) is 0.250. The van der Waals surface area contributed by atoms with Gasteiger partial charge < -0.3 is 4.90 Å². The molecule has 3 aromatic heterocycles. The lowest BCUT2D eigenvalue weighted by molar-refractivity contribution is 0.366. The van der Waals surface area contributed by atoms with Gasteiger partial charge in [0, 0.05) is 19.3 Å². The number of hydrogen-bond acceptors (Lipinski definition) is 5. The zero-order valence-corrected chi connectivity index (χ0v) is 12.3. The topological polar surface area (TPSA) is 46.8 Å². The Hall–Kier alpha value is -1.47. The van der Waals surface area contributed by atoms with E-state index in [0.717, 1.165) is 33.6 Å². The summed E-state index contributed by atoms with van der Waals surface area (Å²) in [6, 6.07) is 2.52. The van der Waals surface area contributed by atoms with Crippen LogP contribution in [0.3, 0.4) is 0 Å². The Morgan fingerprint density at radius 2 is 2.21 bits per heavy atom. The van der Waals surface area contributed by atoms with Gasteiger partial charge in [0.25, 0.3) is 0 Å². The van der Waals surface area contributed by atoms with Crippen molar-refractivity contribution in [2.24, 2.45) is 0 Å². The normalized spacial score (nSPS) is 15.9. The molecular weight excluding hydrogens is 326 g/mol. The summed E-state index contributed by atoms with van der Waals surface area (Å²) in [6.07, 6.45) is 5.48. The van der Waals surface area contributed by atoms with Gasteiger partial charge in [-0.1, -0.05) is 0 Å². The Balaban J connectivity index is 1.58. The van der Waals surface area contributed by atoms with Crippen molar-refractivity contribution in [1.29, 1.82) is 0 Å². The van der Waals surface area contributed by atoms with Crippen LogP contribution >= 0.6 is 27.3 Å². The molecule has 96 valence electrons. The quantitative estimate of drug-likeness (QED) is 0.722. The summed E-state index contributed by atoms with van der Waals surface area (Å²) in [6.45, 7) is 1.88. The first kappa shape index (κ1) is 11.4. The van der Waals surface area contributed by atoms with Crippen LogP contribution < -0.4 is 4.90 Å². The molecule has 0 N–H and O–H groups in total. The summed E-state index contributed by atoms with van der Waals surface area (Å²) >= 11 is 5.08. The van der Waals surface area contributed by atoms with Crippen molar-refractivity contribution in [3.05, 3.63) is 34.6 Å². The average Bonchev–Trinajstić information content (AvgIpc) is 2.96. The Morgan fingerprint density at radius 3 is 3.00 bits per heavy atom. The molecule has 5 nitrogen and oxygen atoms in total. The van der Waals surface area contributed by atoms with Crippen LogP contribution in [-0.4, -0.2) is 32.8 Å². The van der Waals surface area contributed by atoms with Gasteiger partial charge in [-0.3, -0.25) is 4.68 Å². The van der Waals surface area contributed by atoms with Crippen LogP contribution in [0.15, 0.2) is 34.6 Å². The summed E-state index contributed by atoms with van der Waals surface area (Å²) in [5, 5.41) is 7.54. The number of rotatable bonds is 2. The van der Waals surface area contributed by atoms with Crippen molar-refractivity contribution in [1.82, 2.24) is 19.7 Å². The molecule has 7 heteroatoms. The van der Waals surface area contributed by atoms with Gasteiger partial charge in [-0.15, -0.1) is 11.3 Å². The predicted octanol–water partition coefficient (Wildman–Crippen LogP) is 2.71. The summed E-state index contributed by atoms with van der Waals surface area (Å²) in [5.74, 6) is 1.04. The molecule has 1 aliphatic rings. The molecule has 3 aromatic rings. The number of nitrogens with zero attached hydrogens (tertiary/aromatic N) is 5. The number of halogens is 1. The highest BCUT2D eigenvalue weighted by Crippen LogP contribution is 2.32. The monoisotopic (exact) mass is 335 g/mol. The van der Waals surface area contributed by atoms with Gasteiger partial charge in [-0.25, -0.2) is 9.97 Å². The highest BCUT2D eigenvalue weighted by atomic mass is 79.9. The van der Waals surface area contributed by atoms with Gasteiger partial charge >= 0.3 is 0 Å². The molecule has 0 bridgehead atoms. The van der Waals surface area contributed by atoms with E-state index in [0.29, 0.717) is 6.04 Å². The fourth-order valence-corrected chi connectivity index (χ4v) is 3.37. The maximum atomic E-state index is 4.42. The van der Waals surface area contributed by atoms with Gasteiger partial charge in [0.05, 0.1) is 22.1 Å². The fourth-order valence-electron chi connectivity index (χ4n) is 2.34. The molecule has 0 atom stereocenters. The van der Waals surface area contributed by atoms with Gasteiger partial charge in [-0.2, -0.15) is 5.10 Å². The molecule has 0 spiro atoms. The van der Waals surface area contributed by atoms with Crippen molar-refractivity contribution in [3.63, 3.8) is 0 Å². The average molecular weight is 336 g/mol. The second-order valence-electron chi connectivity index (χ2n) is 4.53. The van der Waals surface area contributed by atoms with Crippen LogP contribution in [0.25, 0.3) is 10.2 Å². The minimum absolute atomic E-state index is 0.426. The van der Waals surface area contributed by atoms with Crippen LogP contribution in [0.4, 0.5) is 5.82 Å². The highest BCUT2D eigenvalue weighted by Gasteiger charge is 2.30. The zero-order valence-electron chi connectivity index (χ0n) is 9.90. The lowest BCUT2D eigenvalue weighted by Crippen LogP contribution is -2.48. The van der Waals surface area contributed by atoms with E-state index in [1.165, 1.54) is 0 Å². The van der Waals surface area contributed by atoms with Crippen LogP contribution in [0.5, 0.6) is 0 Å². The molecule has 1 aliphatic heterocycles. The van der Waals surface area contributed by atoms with Crippen LogP contribution in [0.1, 0.15) is 6.04 Å². The standard InChI is InChI=1S/C12H10BrN5S/c13-8-3-16-18(4-8)9-5-17(6-9)11-10-1-2-19-12(10)15-7-14-11/h1-4,7,9H,5-6H2. The molecule has 0 saturated carbocycles. The molecule has 19 heavy (non-hydrogen) atoms. The van der Waals surface area contributed by atoms with E-state index in [4.69, 9.17) is 0 Å². The summed E-state index contributed by atoms with van der Waals surface area (Å²) in [7, 11) is 0. The van der Waals surface area contributed by atoms with E-state index < -0.39 is 0 Å². The number of aromatic nitrogens is 4. The molecule has 4 heterocycles. The van der Waals surface area contributed by atoms with Gasteiger partial charge in [0.2, 0.25) is 0 Å². The van der Waals surface area contributed by atoms with Crippen molar-refractivity contribution in [3.8, 4) is 0 Å². The van der Waals surface area contributed by atoms with Crippen LogP contribution in [0.2, 0.25) is 0 Å². The first-order valence-electron chi connectivity index (χ1n) is 5.94. The van der Waals surface area contributed by atoms with Crippen molar-refractivity contribution in [2.75, 3.05) is 18.0 Å². The second kappa shape index (κ2) is 4.28. The molecule has 1 saturated heterocycles. The van der Waals surface area contributed by atoms with Gasteiger partial charge in [0.15, 0.2) is 0 Å². The lowest BCUT2D eigenvalue weighted by Gasteiger charge is -2.40. The number of fused-ring (bicyclic) bond motifs is 1. The van der Waals surface area contributed by atoms with Crippen LogP contribution in [-0.2, 0) is 0 Å². The molecule has 0 amide bonds. The highest BCUT2D eigenvalue weighted by molar-refractivity contribution is 9.10. The number of thiophene rings is 1. The van der Waals surface area contributed by atoms with Crippen LogP contribution in [0, 0.1) is 0 Å². The minimum Gasteiger partial charge on any atom is -0.352 e. The van der Waals surface area contributed by atoms with Crippen molar-refractivity contribution in [2.45, 2.75) is 6.04 Å². The first-order valence-corrected chi connectivity index (χ1v) is 7.61. The third-order valence-corrected chi connectivity index (χ3v) is 4.58. The van der Waals surface area contributed by atoms with E-state index in [1.54, 1.807) is 17.7 Å². The van der Waals surface area contributed by atoms with E-state index in [1.807, 2.05) is 17.1 Å².